The van der Waals surface area contributed by atoms with Gasteiger partial charge in [-0.25, -0.2) is 9.59 Å². The minimum absolute atomic E-state index is 0.0936. The van der Waals surface area contributed by atoms with E-state index in [2.05, 4.69) is 0 Å². The van der Waals surface area contributed by atoms with Crippen LogP contribution in [0.3, 0.4) is 0 Å². The molecule has 0 aliphatic heterocycles. The standard InChI is InChI=1S/C18H19NO6/c1-5-25-18(22)13-10-12(17(21)24-4)11(2)19(16(13)20)14-8-6-7-9-15(14)23-3/h6-10H,5H2,1-4H3. The number of rotatable bonds is 5. The van der Waals surface area contributed by atoms with Gasteiger partial charge < -0.3 is 14.2 Å². The van der Waals surface area contributed by atoms with Gasteiger partial charge in [0.1, 0.15) is 11.3 Å². The largest absolute Gasteiger partial charge is 0.495 e. The summed E-state index contributed by atoms with van der Waals surface area (Å²) in [5, 5.41) is 0. The fourth-order valence-electron chi connectivity index (χ4n) is 2.48. The van der Waals surface area contributed by atoms with E-state index in [0.717, 1.165) is 0 Å². The molecule has 2 rings (SSSR count). The van der Waals surface area contributed by atoms with Crippen LogP contribution in [0.1, 0.15) is 33.3 Å². The third-order valence-corrected chi connectivity index (χ3v) is 3.67. The van der Waals surface area contributed by atoms with E-state index in [0.29, 0.717) is 17.1 Å². The minimum Gasteiger partial charge on any atom is -0.495 e. The van der Waals surface area contributed by atoms with Crippen LogP contribution in [-0.2, 0) is 9.47 Å². The quantitative estimate of drug-likeness (QED) is 0.772. The van der Waals surface area contributed by atoms with Crippen molar-refractivity contribution in [1.29, 1.82) is 0 Å². The normalized spacial score (nSPS) is 10.2. The third kappa shape index (κ3) is 3.40. The number of pyridine rings is 1. The second-order valence-electron chi connectivity index (χ2n) is 5.08. The minimum atomic E-state index is -0.804. The Bertz CT molecular complexity index is 868. The molecule has 0 radical (unpaired) electrons. The van der Waals surface area contributed by atoms with E-state index in [9.17, 15) is 14.4 Å². The second-order valence-corrected chi connectivity index (χ2v) is 5.08. The van der Waals surface area contributed by atoms with Crippen LogP contribution in [0.4, 0.5) is 0 Å². The molecular formula is C18H19NO6. The number of ether oxygens (including phenoxy) is 3. The average Bonchev–Trinajstić information content (AvgIpc) is 2.62. The highest BCUT2D eigenvalue weighted by Crippen LogP contribution is 2.24. The van der Waals surface area contributed by atoms with Gasteiger partial charge in [0.05, 0.1) is 32.1 Å². The summed E-state index contributed by atoms with van der Waals surface area (Å²) in [6, 6.07) is 8.00. The molecule has 0 aliphatic carbocycles. The van der Waals surface area contributed by atoms with E-state index in [1.165, 1.54) is 24.9 Å². The molecule has 2 aromatic rings. The topological polar surface area (TPSA) is 83.8 Å². The van der Waals surface area contributed by atoms with Crippen molar-refractivity contribution in [2.24, 2.45) is 0 Å². The van der Waals surface area contributed by atoms with Gasteiger partial charge in [0.15, 0.2) is 0 Å². The lowest BCUT2D eigenvalue weighted by Gasteiger charge is -2.17. The summed E-state index contributed by atoms with van der Waals surface area (Å²) < 4.78 is 16.2. The first-order chi connectivity index (χ1) is 12.0. The summed E-state index contributed by atoms with van der Waals surface area (Å²) in [6.45, 7) is 3.33. The lowest BCUT2D eigenvalue weighted by atomic mass is 10.1. The Morgan fingerprint density at radius 2 is 1.76 bits per heavy atom. The van der Waals surface area contributed by atoms with Crippen molar-refractivity contribution < 1.29 is 23.8 Å². The molecule has 7 heteroatoms. The van der Waals surface area contributed by atoms with Crippen LogP contribution in [0.15, 0.2) is 35.1 Å². The van der Waals surface area contributed by atoms with E-state index < -0.39 is 17.5 Å². The Kier molecular flexibility index (Phi) is 5.59. The summed E-state index contributed by atoms with van der Waals surface area (Å²) in [5.41, 5.74) is -0.0267. The first-order valence-corrected chi connectivity index (χ1v) is 7.61. The lowest BCUT2D eigenvalue weighted by molar-refractivity contribution is 0.0523. The van der Waals surface area contributed by atoms with Crippen LogP contribution >= 0.6 is 0 Å². The predicted molar refractivity (Wildman–Crippen MR) is 90.6 cm³/mol. The third-order valence-electron chi connectivity index (χ3n) is 3.67. The first kappa shape index (κ1) is 18.3. The molecule has 0 saturated carbocycles. The van der Waals surface area contributed by atoms with E-state index in [4.69, 9.17) is 14.2 Å². The molecule has 1 aromatic carbocycles. The number of carbonyl (C=O) groups is 2. The highest BCUT2D eigenvalue weighted by molar-refractivity contribution is 5.96. The Balaban J connectivity index is 2.86. The van der Waals surface area contributed by atoms with Crippen LogP contribution in [-0.4, -0.2) is 37.3 Å². The van der Waals surface area contributed by atoms with E-state index in [1.54, 1.807) is 38.1 Å². The first-order valence-electron chi connectivity index (χ1n) is 7.61. The SMILES string of the molecule is CCOC(=O)c1cc(C(=O)OC)c(C)n(-c2ccccc2OC)c1=O. The molecule has 0 unspecified atom stereocenters. The molecule has 7 nitrogen and oxygen atoms in total. The molecule has 0 bridgehead atoms. The van der Waals surface area contributed by atoms with Crippen molar-refractivity contribution in [3.63, 3.8) is 0 Å². The molecular weight excluding hydrogens is 326 g/mol. The van der Waals surface area contributed by atoms with Gasteiger partial charge in [-0.05, 0) is 32.0 Å². The van der Waals surface area contributed by atoms with Crippen LogP contribution in [0.25, 0.3) is 5.69 Å². The fourth-order valence-corrected chi connectivity index (χ4v) is 2.48. The highest BCUT2D eigenvalue weighted by atomic mass is 16.5. The number of carbonyl (C=O) groups excluding carboxylic acids is 2. The van der Waals surface area contributed by atoms with Gasteiger partial charge in [0, 0.05) is 5.69 Å². The van der Waals surface area contributed by atoms with Gasteiger partial charge in [0.25, 0.3) is 5.56 Å². The molecule has 132 valence electrons. The molecule has 0 N–H and O–H groups in total. The Labute approximate surface area is 144 Å². The van der Waals surface area contributed by atoms with E-state index >= 15 is 0 Å². The lowest BCUT2D eigenvalue weighted by Crippen LogP contribution is -2.30. The molecule has 0 fully saturated rings. The summed E-state index contributed by atoms with van der Waals surface area (Å²) in [5.74, 6) is -1.04. The second kappa shape index (κ2) is 7.65. The molecule has 1 aromatic heterocycles. The molecule has 25 heavy (non-hydrogen) atoms. The average molecular weight is 345 g/mol. The molecule has 1 heterocycles. The Morgan fingerprint density at radius 1 is 1.08 bits per heavy atom. The molecule has 0 amide bonds. The number of methoxy groups -OCH3 is 2. The van der Waals surface area contributed by atoms with Crippen LogP contribution in [0.5, 0.6) is 5.75 Å². The number of aromatic nitrogens is 1. The van der Waals surface area contributed by atoms with Crippen LogP contribution < -0.4 is 10.3 Å². The number of hydrogen-bond donors (Lipinski definition) is 0. The number of para-hydroxylation sites is 2. The molecule has 0 saturated heterocycles. The van der Waals surface area contributed by atoms with Crippen LogP contribution in [0, 0.1) is 6.92 Å². The zero-order valence-corrected chi connectivity index (χ0v) is 14.5. The van der Waals surface area contributed by atoms with Gasteiger partial charge >= 0.3 is 11.9 Å². The van der Waals surface area contributed by atoms with Crippen molar-refractivity contribution in [2.45, 2.75) is 13.8 Å². The molecule has 0 spiro atoms. The van der Waals surface area contributed by atoms with Crippen molar-refractivity contribution in [1.82, 2.24) is 4.57 Å². The van der Waals surface area contributed by atoms with Gasteiger partial charge in [0.2, 0.25) is 0 Å². The zero-order chi connectivity index (χ0) is 18.6. The summed E-state index contributed by atoms with van der Waals surface area (Å²) in [6.07, 6.45) is 0. The molecule has 0 atom stereocenters. The fraction of sp³-hybridized carbons (Fsp3) is 0.278. The van der Waals surface area contributed by atoms with Gasteiger partial charge in [-0.3, -0.25) is 9.36 Å². The monoisotopic (exact) mass is 345 g/mol. The number of nitrogens with zero attached hydrogens (tertiary/aromatic N) is 1. The Morgan fingerprint density at radius 3 is 2.36 bits per heavy atom. The van der Waals surface area contributed by atoms with Crippen molar-refractivity contribution in [2.75, 3.05) is 20.8 Å². The Hall–Kier alpha value is -3.09. The van der Waals surface area contributed by atoms with Crippen molar-refractivity contribution >= 4 is 11.9 Å². The molecule has 0 aliphatic rings. The van der Waals surface area contributed by atoms with Crippen molar-refractivity contribution in [3.8, 4) is 11.4 Å². The summed E-state index contributed by atoms with van der Waals surface area (Å²) in [7, 11) is 2.69. The summed E-state index contributed by atoms with van der Waals surface area (Å²) >= 11 is 0. The predicted octanol–water partition coefficient (Wildman–Crippen LogP) is 2.12. The van der Waals surface area contributed by atoms with E-state index in [1.807, 2.05) is 0 Å². The summed E-state index contributed by atoms with van der Waals surface area (Å²) in [4.78, 5) is 37.1. The van der Waals surface area contributed by atoms with Gasteiger partial charge in [-0.1, -0.05) is 12.1 Å². The smallest absolute Gasteiger partial charge is 0.343 e. The van der Waals surface area contributed by atoms with E-state index in [-0.39, 0.29) is 17.7 Å². The maximum absolute atomic E-state index is 12.9. The van der Waals surface area contributed by atoms with Gasteiger partial charge in [-0.2, -0.15) is 0 Å². The highest BCUT2D eigenvalue weighted by Gasteiger charge is 2.24. The maximum atomic E-state index is 12.9. The number of benzene rings is 1. The van der Waals surface area contributed by atoms with Crippen molar-refractivity contribution in [3.05, 3.63) is 57.5 Å². The van der Waals surface area contributed by atoms with Crippen LogP contribution in [0.2, 0.25) is 0 Å². The maximum Gasteiger partial charge on any atom is 0.343 e. The zero-order valence-electron chi connectivity index (χ0n) is 14.5. The number of esters is 2. The van der Waals surface area contributed by atoms with Gasteiger partial charge in [-0.15, -0.1) is 0 Å². The number of hydrogen-bond acceptors (Lipinski definition) is 6.